The number of rotatable bonds is 4. The van der Waals surface area contributed by atoms with Gasteiger partial charge < -0.3 is 9.84 Å². The van der Waals surface area contributed by atoms with Gasteiger partial charge >= 0.3 is 0 Å². The molecule has 0 fully saturated rings. The highest BCUT2D eigenvalue weighted by Crippen LogP contribution is 2.30. The quantitative estimate of drug-likeness (QED) is 0.845. The molecule has 88 valence electrons. The maximum absolute atomic E-state index is 8.87. The van der Waals surface area contributed by atoms with E-state index in [1.165, 1.54) is 30.4 Å². The third-order valence-electron chi connectivity index (χ3n) is 3.22. The predicted octanol–water partition coefficient (Wildman–Crippen LogP) is 2.72. The Morgan fingerprint density at radius 1 is 1.31 bits per heavy atom. The van der Waals surface area contributed by atoms with E-state index in [0.717, 1.165) is 12.2 Å². The van der Waals surface area contributed by atoms with E-state index in [4.69, 9.17) is 9.84 Å². The van der Waals surface area contributed by atoms with Gasteiger partial charge in [0.15, 0.2) is 0 Å². The van der Waals surface area contributed by atoms with Gasteiger partial charge in [-0.25, -0.2) is 0 Å². The summed E-state index contributed by atoms with van der Waals surface area (Å²) in [4.78, 5) is 0. The zero-order chi connectivity index (χ0) is 11.4. The first-order valence-corrected chi connectivity index (χ1v) is 6.19. The Labute approximate surface area is 97.3 Å². The minimum atomic E-state index is 0.0958. The van der Waals surface area contributed by atoms with Crippen molar-refractivity contribution in [2.45, 2.75) is 45.1 Å². The van der Waals surface area contributed by atoms with Crippen molar-refractivity contribution in [1.29, 1.82) is 0 Å². The van der Waals surface area contributed by atoms with Crippen molar-refractivity contribution in [3.8, 4) is 5.75 Å². The number of benzene rings is 1. The molecule has 0 aliphatic heterocycles. The highest BCUT2D eigenvalue weighted by Gasteiger charge is 2.15. The minimum Gasteiger partial charge on any atom is -0.490 e. The monoisotopic (exact) mass is 220 g/mol. The van der Waals surface area contributed by atoms with Crippen molar-refractivity contribution < 1.29 is 9.84 Å². The van der Waals surface area contributed by atoms with Crippen molar-refractivity contribution in [1.82, 2.24) is 0 Å². The van der Waals surface area contributed by atoms with Crippen LogP contribution in [0.5, 0.6) is 5.75 Å². The lowest BCUT2D eigenvalue weighted by Gasteiger charge is -2.22. The van der Waals surface area contributed by atoms with Gasteiger partial charge in [-0.3, -0.25) is 0 Å². The molecule has 1 aromatic carbocycles. The van der Waals surface area contributed by atoms with E-state index >= 15 is 0 Å². The Morgan fingerprint density at radius 3 is 2.94 bits per heavy atom. The standard InChI is InChI=1S/C14H20O2/c1-11(9-10-15)16-14-8-4-6-12-5-2-3-7-13(12)14/h4,6,8,11,15H,2-3,5,7,9-10H2,1H3. The van der Waals surface area contributed by atoms with Crippen molar-refractivity contribution in [3.63, 3.8) is 0 Å². The summed E-state index contributed by atoms with van der Waals surface area (Å²) in [6.07, 6.45) is 5.67. The molecule has 0 aromatic heterocycles. The Bertz CT molecular complexity index is 347. The summed E-state index contributed by atoms with van der Waals surface area (Å²) in [5.41, 5.74) is 2.83. The molecule has 0 radical (unpaired) electrons. The maximum Gasteiger partial charge on any atom is 0.123 e. The molecular weight excluding hydrogens is 200 g/mol. The van der Waals surface area contributed by atoms with Crippen LogP contribution in [0.25, 0.3) is 0 Å². The number of aliphatic hydroxyl groups is 1. The van der Waals surface area contributed by atoms with Crippen molar-refractivity contribution in [2.24, 2.45) is 0 Å². The number of ether oxygens (including phenoxy) is 1. The largest absolute Gasteiger partial charge is 0.490 e. The highest BCUT2D eigenvalue weighted by atomic mass is 16.5. The predicted molar refractivity (Wildman–Crippen MR) is 64.9 cm³/mol. The van der Waals surface area contributed by atoms with Crippen LogP contribution in [0.2, 0.25) is 0 Å². The van der Waals surface area contributed by atoms with Crippen molar-refractivity contribution in [2.75, 3.05) is 6.61 Å². The topological polar surface area (TPSA) is 29.5 Å². The zero-order valence-electron chi connectivity index (χ0n) is 9.91. The molecule has 0 spiro atoms. The minimum absolute atomic E-state index is 0.0958. The summed E-state index contributed by atoms with van der Waals surface area (Å²) in [5.74, 6) is 1.03. The van der Waals surface area contributed by atoms with E-state index in [0.29, 0.717) is 6.42 Å². The molecule has 1 unspecified atom stereocenters. The number of fused-ring (bicyclic) bond motifs is 1. The van der Waals surface area contributed by atoms with Gasteiger partial charge in [-0.2, -0.15) is 0 Å². The van der Waals surface area contributed by atoms with Gasteiger partial charge in [0, 0.05) is 13.0 Å². The van der Waals surface area contributed by atoms with E-state index in [1.54, 1.807) is 0 Å². The van der Waals surface area contributed by atoms with Gasteiger partial charge in [-0.05, 0) is 49.8 Å². The van der Waals surface area contributed by atoms with Crippen molar-refractivity contribution in [3.05, 3.63) is 29.3 Å². The molecule has 0 bridgehead atoms. The van der Waals surface area contributed by atoms with E-state index < -0.39 is 0 Å². The molecule has 2 rings (SSSR count). The normalized spacial score (nSPS) is 16.6. The summed E-state index contributed by atoms with van der Waals surface area (Å²) >= 11 is 0. The van der Waals surface area contributed by atoms with E-state index in [1.807, 2.05) is 6.92 Å². The van der Waals surface area contributed by atoms with Crippen LogP contribution >= 0.6 is 0 Å². The fraction of sp³-hybridized carbons (Fsp3) is 0.571. The number of hydrogen-bond acceptors (Lipinski definition) is 2. The lowest BCUT2D eigenvalue weighted by molar-refractivity contribution is 0.167. The summed E-state index contributed by atoms with van der Waals surface area (Å²) in [6.45, 7) is 2.20. The summed E-state index contributed by atoms with van der Waals surface area (Å²) in [6, 6.07) is 6.33. The Morgan fingerprint density at radius 2 is 2.12 bits per heavy atom. The number of aliphatic hydroxyl groups excluding tert-OH is 1. The van der Waals surface area contributed by atoms with Crippen LogP contribution in [0.15, 0.2) is 18.2 Å². The van der Waals surface area contributed by atoms with Crippen LogP contribution in [0.3, 0.4) is 0 Å². The molecule has 1 aromatic rings. The third-order valence-corrected chi connectivity index (χ3v) is 3.22. The summed E-state index contributed by atoms with van der Waals surface area (Å²) in [7, 11) is 0. The number of hydrogen-bond donors (Lipinski definition) is 1. The smallest absolute Gasteiger partial charge is 0.123 e. The fourth-order valence-corrected chi connectivity index (χ4v) is 2.31. The van der Waals surface area contributed by atoms with Gasteiger partial charge in [-0.1, -0.05) is 12.1 Å². The van der Waals surface area contributed by atoms with E-state index in [-0.39, 0.29) is 12.7 Å². The highest BCUT2D eigenvalue weighted by molar-refractivity contribution is 5.41. The molecule has 1 aliphatic rings. The van der Waals surface area contributed by atoms with E-state index in [2.05, 4.69) is 18.2 Å². The van der Waals surface area contributed by atoms with Crippen LogP contribution in [0.1, 0.15) is 37.3 Å². The first-order chi connectivity index (χ1) is 7.81. The number of aryl methyl sites for hydroxylation is 1. The Hall–Kier alpha value is -1.02. The van der Waals surface area contributed by atoms with E-state index in [9.17, 15) is 0 Å². The first kappa shape index (κ1) is 11.5. The van der Waals surface area contributed by atoms with Crippen LogP contribution in [0, 0.1) is 0 Å². The van der Waals surface area contributed by atoms with Gasteiger partial charge in [0.25, 0.3) is 0 Å². The molecule has 2 nitrogen and oxygen atoms in total. The van der Waals surface area contributed by atoms with Gasteiger partial charge in [0.1, 0.15) is 5.75 Å². The fourth-order valence-electron chi connectivity index (χ4n) is 2.31. The summed E-state index contributed by atoms with van der Waals surface area (Å²) in [5, 5.41) is 8.87. The van der Waals surface area contributed by atoms with Crippen LogP contribution in [-0.4, -0.2) is 17.8 Å². The third kappa shape index (κ3) is 2.56. The SMILES string of the molecule is CC(CCO)Oc1cccc2c1CCCC2. The molecule has 1 N–H and O–H groups in total. The molecule has 0 amide bonds. The second-order valence-electron chi connectivity index (χ2n) is 4.54. The molecular formula is C14H20O2. The molecule has 16 heavy (non-hydrogen) atoms. The van der Waals surface area contributed by atoms with Crippen LogP contribution in [-0.2, 0) is 12.8 Å². The maximum atomic E-state index is 8.87. The second-order valence-corrected chi connectivity index (χ2v) is 4.54. The lowest BCUT2D eigenvalue weighted by Crippen LogP contribution is -2.15. The average molecular weight is 220 g/mol. The summed E-state index contributed by atoms with van der Waals surface area (Å²) < 4.78 is 5.89. The molecule has 1 atom stereocenters. The van der Waals surface area contributed by atoms with Crippen molar-refractivity contribution >= 4 is 0 Å². The zero-order valence-corrected chi connectivity index (χ0v) is 9.91. The van der Waals surface area contributed by atoms with Gasteiger partial charge in [0.2, 0.25) is 0 Å². The van der Waals surface area contributed by atoms with Crippen LogP contribution in [0.4, 0.5) is 0 Å². The van der Waals surface area contributed by atoms with Crippen LogP contribution < -0.4 is 4.74 Å². The first-order valence-electron chi connectivity index (χ1n) is 6.19. The Balaban J connectivity index is 2.14. The van der Waals surface area contributed by atoms with Gasteiger partial charge in [0.05, 0.1) is 6.10 Å². The van der Waals surface area contributed by atoms with Gasteiger partial charge in [-0.15, -0.1) is 0 Å². The molecule has 0 saturated heterocycles. The second kappa shape index (κ2) is 5.35. The Kier molecular flexibility index (Phi) is 3.83. The molecule has 2 heteroatoms. The molecule has 0 heterocycles. The lowest BCUT2D eigenvalue weighted by atomic mass is 9.91. The molecule has 1 aliphatic carbocycles. The average Bonchev–Trinajstić information content (AvgIpc) is 2.30. The molecule has 0 saturated carbocycles.